The minimum absolute atomic E-state index is 0.0534. The molecule has 3 aromatic carbocycles. The van der Waals surface area contributed by atoms with Gasteiger partial charge in [-0.1, -0.05) is 93.6 Å². The number of unbranched alkanes of at least 4 members (excludes halogenated alkanes) is 5. The quantitative estimate of drug-likeness (QED) is 0.129. The number of amides is 3. The van der Waals surface area contributed by atoms with Gasteiger partial charge < -0.3 is 20.3 Å². The molecule has 2 unspecified atom stereocenters. The second-order valence-corrected chi connectivity index (χ2v) is 12.4. The van der Waals surface area contributed by atoms with Gasteiger partial charge in [0.1, 0.15) is 17.7 Å². The first-order chi connectivity index (χ1) is 20.5. The van der Waals surface area contributed by atoms with Crippen LogP contribution >= 0.6 is 12.6 Å². The largest absolute Gasteiger partial charge is 0.444 e. The molecule has 2 N–H and O–H groups in total. The Kier molecular flexibility index (Phi) is 12.9. The SMILES string of the molecule is CCCCCCCCN(C(=O)C(CS)NC(=O)OC(C)(C)C)C(C(=O)Nc1ccc2ccccc2c1)c1ccccc1C. The van der Waals surface area contributed by atoms with Gasteiger partial charge in [-0.2, -0.15) is 12.6 Å². The second-order valence-electron chi connectivity index (χ2n) is 12.0. The van der Waals surface area contributed by atoms with Crippen molar-refractivity contribution in [2.45, 2.75) is 90.8 Å². The van der Waals surface area contributed by atoms with E-state index in [1.165, 1.54) is 6.42 Å². The molecule has 0 aromatic heterocycles. The predicted octanol–water partition coefficient (Wildman–Crippen LogP) is 7.84. The van der Waals surface area contributed by atoms with E-state index in [4.69, 9.17) is 4.74 Å². The maximum Gasteiger partial charge on any atom is 0.408 e. The van der Waals surface area contributed by atoms with Crippen LogP contribution < -0.4 is 10.6 Å². The summed E-state index contributed by atoms with van der Waals surface area (Å²) in [6.07, 6.45) is 5.47. The fourth-order valence-electron chi connectivity index (χ4n) is 5.09. The highest BCUT2D eigenvalue weighted by Gasteiger charge is 2.36. The first-order valence-electron chi connectivity index (χ1n) is 15.3. The van der Waals surface area contributed by atoms with Crippen LogP contribution in [0.25, 0.3) is 10.8 Å². The number of benzene rings is 3. The molecular formula is C35H47N3O4S. The van der Waals surface area contributed by atoms with Crippen LogP contribution in [-0.2, 0) is 14.3 Å². The lowest BCUT2D eigenvalue weighted by atomic mass is 9.97. The molecule has 232 valence electrons. The number of aryl methyl sites for hydroxylation is 1. The number of alkyl carbamates (subject to hydrolysis) is 1. The zero-order chi connectivity index (χ0) is 31.4. The van der Waals surface area contributed by atoms with Crippen LogP contribution in [0.3, 0.4) is 0 Å². The third-order valence-corrected chi connectivity index (χ3v) is 7.63. The van der Waals surface area contributed by atoms with E-state index < -0.39 is 23.8 Å². The lowest BCUT2D eigenvalue weighted by Crippen LogP contribution is -2.53. The number of nitrogens with one attached hydrogen (secondary N) is 2. The van der Waals surface area contributed by atoms with Crippen LogP contribution in [0.2, 0.25) is 0 Å². The third kappa shape index (κ3) is 10.3. The van der Waals surface area contributed by atoms with Crippen LogP contribution in [0.4, 0.5) is 10.5 Å². The van der Waals surface area contributed by atoms with E-state index in [0.29, 0.717) is 12.2 Å². The second kappa shape index (κ2) is 16.4. The molecule has 0 aliphatic carbocycles. The molecule has 0 heterocycles. The van der Waals surface area contributed by atoms with E-state index in [1.54, 1.807) is 25.7 Å². The van der Waals surface area contributed by atoms with Crippen molar-refractivity contribution in [3.8, 4) is 0 Å². The molecule has 7 nitrogen and oxygen atoms in total. The Morgan fingerprint density at radius 1 is 0.884 bits per heavy atom. The molecule has 0 saturated heterocycles. The van der Waals surface area contributed by atoms with E-state index in [2.05, 4.69) is 30.2 Å². The Balaban J connectivity index is 1.97. The highest BCUT2D eigenvalue weighted by molar-refractivity contribution is 7.80. The predicted molar refractivity (Wildman–Crippen MR) is 179 cm³/mol. The van der Waals surface area contributed by atoms with Gasteiger partial charge in [0.25, 0.3) is 5.91 Å². The van der Waals surface area contributed by atoms with Crippen molar-refractivity contribution >= 4 is 47.0 Å². The van der Waals surface area contributed by atoms with Gasteiger partial charge in [-0.3, -0.25) is 9.59 Å². The molecule has 3 amide bonds. The molecule has 3 aromatic rings. The van der Waals surface area contributed by atoms with Gasteiger partial charge >= 0.3 is 6.09 Å². The summed E-state index contributed by atoms with van der Waals surface area (Å²) in [6, 6.07) is 19.4. The Labute approximate surface area is 262 Å². The van der Waals surface area contributed by atoms with E-state index in [1.807, 2.05) is 73.7 Å². The number of hydrogen-bond acceptors (Lipinski definition) is 5. The summed E-state index contributed by atoms with van der Waals surface area (Å²) in [7, 11) is 0. The maximum atomic E-state index is 14.2. The number of nitrogens with zero attached hydrogens (tertiary/aromatic N) is 1. The molecule has 0 radical (unpaired) electrons. The Morgan fingerprint density at radius 3 is 2.21 bits per heavy atom. The van der Waals surface area contributed by atoms with Crippen molar-refractivity contribution in [2.24, 2.45) is 0 Å². The zero-order valence-electron chi connectivity index (χ0n) is 26.2. The average molecular weight is 606 g/mol. The summed E-state index contributed by atoms with van der Waals surface area (Å²) in [5.41, 5.74) is 1.54. The van der Waals surface area contributed by atoms with Crippen molar-refractivity contribution in [3.63, 3.8) is 0 Å². The van der Waals surface area contributed by atoms with Crippen molar-refractivity contribution < 1.29 is 19.1 Å². The highest BCUT2D eigenvalue weighted by atomic mass is 32.1. The molecule has 0 saturated carbocycles. The van der Waals surface area contributed by atoms with Crippen LogP contribution in [-0.4, -0.2) is 46.7 Å². The number of carbonyl (C=O) groups is 3. The fraction of sp³-hybridized carbons (Fsp3) is 0.457. The molecule has 43 heavy (non-hydrogen) atoms. The number of ether oxygens (including phenoxy) is 1. The van der Waals surface area contributed by atoms with Crippen molar-refractivity contribution in [1.82, 2.24) is 10.2 Å². The number of hydrogen-bond donors (Lipinski definition) is 3. The first kappa shape index (κ1) is 34.0. The van der Waals surface area contributed by atoms with Crippen molar-refractivity contribution in [1.29, 1.82) is 0 Å². The van der Waals surface area contributed by atoms with E-state index >= 15 is 0 Å². The van der Waals surface area contributed by atoms with Gasteiger partial charge in [0.15, 0.2) is 0 Å². The third-order valence-electron chi connectivity index (χ3n) is 7.27. The lowest BCUT2D eigenvalue weighted by molar-refractivity contribution is -0.140. The minimum Gasteiger partial charge on any atom is -0.444 e. The molecular weight excluding hydrogens is 558 g/mol. The van der Waals surface area contributed by atoms with Gasteiger partial charge in [0.2, 0.25) is 5.91 Å². The molecule has 0 spiro atoms. The molecule has 8 heteroatoms. The minimum atomic E-state index is -0.974. The fourth-order valence-corrected chi connectivity index (χ4v) is 5.33. The topological polar surface area (TPSA) is 87.7 Å². The molecule has 3 rings (SSSR count). The van der Waals surface area contributed by atoms with Crippen LogP contribution in [0.5, 0.6) is 0 Å². The molecule has 0 bridgehead atoms. The van der Waals surface area contributed by atoms with Gasteiger partial charge in [0, 0.05) is 18.0 Å². The van der Waals surface area contributed by atoms with Gasteiger partial charge in [-0.05, 0) is 68.1 Å². The standard InChI is InChI=1S/C35H47N3O4S/c1-6-7-8-9-10-15-22-38(33(40)30(24-43)37-34(41)42-35(3,4)5)31(29-19-14-11-16-25(29)2)32(39)36-28-21-20-26-17-12-13-18-27(26)23-28/h11-14,16-21,23,30-31,43H,6-10,15,22,24H2,1-5H3,(H,36,39)(H,37,41). The van der Waals surface area contributed by atoms with Crippen LogP contribution in [0.1, 0.15) is 83.4 Å². The van der Waals surface area contributed by atoms with Gasteiger partial charge in [-0.25, -0.2) is 4.79 Å². The average Bonchev–Trinajstić information content (AvgIpc) is 2.96. The normalized spacial score (nSPS) is 12.8. The molecule has 0 fully saturated rings. The van der Waals surface area contributed by atoms with E-state index in [-0.39, 0.29) is 17.6 Å². The maximum absolute atomic E-state index is 14.2. The first-order valence-corrected chi connectivity index (χ1v) is 15.9. The summed E-state index contributed by atoms with van der Waals surface area (Å²) in [5, 5.41) is 7.84. The van der Waals surface area contributed by atoms with Crippen molar-refractivity contribution in [2.75, 3.05) is 17.6 Å². The van der Waals surface area contributed by atoms with Crippen molar-refractivity contribution in [3.05, 3.63) is 77.9 Å². The van der Waals surface area contributed by atoms with Crippen LogP contribution in [0, 0.1) is 6.92 Å². The number of fused-ring (bicyclic) bond motifs is 1. The van der Waals surface area contributed by atoms with E-state index in [0.717, 1.165) is 54.0 Å². The lowest BCUT2D eigenvalue weighted by Gasteiger charge is -2.35. The highest BCUT2D eigenvalue weighted by Crippen LogP contribution is 2.29. The Morgan fingerprint density at radius 2 is 1.53 bits per heavy atom. The number of thiol groups is 1. The smallest absolute Gasteiger partial charge is 0.408 e. The number of anilines is 1. The summed E-state index contributed by atoms with van der Waals surface area (Å²) < 4.78 is 5.43. The molecule has 0 aliphatic rings. The Bertz CT molecular complexity index is 1370. The monoisotopic (exact) mass is 605 g/mol. The summed E-state index contributed by atoms with van der Waals surface area (Å²) in [5.74, 6) is -0.645. The summed E-state index contributed by atoms with van der Waals surface area (Å²) in [6.45, 7) is 9.76. The Hall–Kier alpha value is -3.52. The summed E-state index contributed by atoms with van der Waals surface area (Å²) >= 11 is 4.41. The molecule has 2 atom stereocenters. The van der Waals surface area contributed by atoms with Gasteiger partial charge in [-0.15, -0.1) is 0 Å². The summed E-state index contributed by atoms with van der Waals surface area (Å²) in [4.78, 5) is 42.7. The van der Waals surface area contributed by atoms with Crippen LogP contribution in [0.15, 0.2) is 66.7 Å². The van der Waals surface area contributed by atoms with Gasteiger partial charge in [0.05, 0.1) is 0 Å². The zero-order valence-corrected chi connectivity index (χ0v) is 27.1. The number of rotatable bonds is 14. The molecule has 0 aliphatic heterocycles. The van der Waals surface area contributed by atoms with E-state index in [9.17, 15) is 14.4 Å². The number of carbonyl (C=O) groups excluding carboxylic acids is 3.